The van der Waals surface area contributed by atoms with E-state index in [1.807, 2.05) is 5.38 Å². The second-order valence-electron chi connectivity index (χ2n) is 4.95. The van der Waals surface area contributed by atoms with Crippen LogP contribution in [0.4, 0.5) is 15.0 Å². The minimum Gasteiger partial charge on any atom is -0.324 e. The fourth-order valence-corrected chi connectivity index (χ4v) is 3.21. The Kier molecular flexibility index (Phi) is 4.10. The summed E-state index contributed by atoms with van der Waals surface area (Å²) in [6.45, 7) is 1.37. The number of nitrogens with one attached hydrogen (secondary N) is 1. The lowest BCUT2D eigenvalue weighted by Gasteiger charge is -2.31. The molecule has 0 radical (unpaired) electrons. The second kappa shape index (κ2) is 6.17. The van der Waals surface area contributed by atoms with Gasteiger partial charge in [-0.05, 0) is 25.0 Å². The van der Waals surface area contributed by atoms with Crippen LogP contribution in [-0.4, -0.2) is 34.0 Å². The van der Waals surface area contributed by atoms with Crippen LogP contribution in [0.1, 0.15) is 23.8 Å². The van der Waals surface area contributed by atoms with Crippen molar-refractivity contribution in [1.82, 2.24) is 14.9 Å². The van der Waals surface area contributed by atoms with Crippen LogP contribution in [-0.2, 0) is 0 Å². The Morgan fingerprint density at radius 3 is 3.05 bits per heavy atom. The molecule has 1 N–H and O–H groups in total. The van der Waals surface area contributed by atoms with E-state index < -0.39 is 5.82 Å². The van der Waals surface area contributed by atoms with E-state index in [1.165, 1.54) is 12.1 Å². The molecular formula is C14H15FN4OS. The number of likely N-dealkylation sites (tertiary alicyclic amines) is 1. The zero-order valence-electron chi connectivity index (χ0n) is 11.3. The van der Waals surface area contributed by atoms with Crippen LogP contribution in [0.2, 0.25) is 0 Å². The molecule has 0 aliphatic carbocycles. The van der Waals surface area contributed by atoms with Gasteiger partial charge in [-0.3, -0.25) is 5.32 Å². The van der Waals surface area contributed by atoms with Gasteiger partial charge in [0.05, 0.1) is 11.2 Å². The van der Waals surface area contributed by atoms with Crippen LogP contribution in [0.5, 0.6) is 0 Å². The van der Waals surface area contributed by atoms with Gasteiger partial charge in [-0.25, -0.2) is 19.2 Å². The molecule has 0 aromatic carbocycles. The number of urea groups is 1. The zero-order valence-corrected chi connectivity index (χ0v) is 12.1. The van der Waals surface area contributed by atoms with Crippen LogP contribution < -0.4 is 5.32 Å². The minimum atomic E-state index is -0.421. The third-order valence-corrected chi connectivity index (χ3v) is 4.41. The average Bonchev–Trinajstić information content (AvgIpc) is 3.04. The van der Waals surface area contributed by atoms with Gasteiger partial charge in [0.1, 0.15) is 11.6 Å². The Morgan fingerprint density at radius 2 is 2.33 bits per heavy atom. The molecule has 0 spiro atoms. The van der Waals surface area contributed by atoms with Crippen molar-refractivity contribution in [2.24, 2.45) is 0 Å². The summed E-state index contributed by atoms with van der Waals surface area (Å²) in [5.41, 5.74) is 0. The highest BCUT2D eigenvalue weighted by molar-refractivity contribution is 7.09. The van der Waals surface area contributed by atoms with Crippen LogP contribution in [0, 0.1) is 5.82 Å². The van der Waals surface area contributed by atoms with E-state index in [1.54, 1.807) is 22.4 Å². The second-order valence-corrected chi connectivity index (χ2v) is 5.87. The molecule has 3 heterocycles. The number of thiazole rings is 1. The third kappa shape index (κ3) is 3.36. The number of hydrogen-bond donors (Lipinski definition) is 1. The summed E-state index contributed by atoms with van der Waals surface area (Å²) in [7, 11) is 0. The summed E-state index contributed by atoms with van der Waals surface area (Å²) in [6, 6.07) is 2.53. The van der Waals surface area contributed by atoms with Crippen molar-refractivity contribution in [1.29, 1.82) is 0 Å². The summed E-state index contributed by atoms with van der Waals surface area (Å²) >= 11 is 1.63. The first-order chi connectivity index (χ1) is 10.2. The maximum absolute atomic E-state index is 12.8. The number of hydrogen-bond acceptors (Lipinski definition) is 4. The van der Waals surface area contributed by atoms with Gasteiger partial charge in [-0.1, -0.05) is 0 Å². The van der Waals surface area contributed by atoms with Crippen molar-refractivity contribution in [3.8, 4) is 0 Å². The molecule has 0 bridgehead atoms. The molecule has 3 rings (SSSR count). The molecule has 1 saturated heterocycles. The van der Waals surface area contributed by atoms with Crippen LogP contribution in [0.15, 0.2) is 29.9 Å². The van der Waals surface area contributed by atoms with E-state index in [4.69, 9.17) is 0 Å². The minimum absolute atomic E-state index is 0.199. The van der Waals surface area contributed by atoms with Gasteiger partial charge in [0, 0.05) is 30.6 Å². The molecule has 21 heavy (non-hydrogen) atoms. The molecule has 1 aliphatic heterocycles. The van der Waals surface area contributed by atoms with E-state index >= 15 is 0 Å². The van der Waals surface area contributed by atoms with E-state index in [0.717, 1.165) is 30.6 Å². The maximum atomic E-state index is 12.8. The number of piperidine rings is 1. The van der Waals surface area contributed by atoms with Gasteiger partial charge in [0.25, 0.3) is 0 Å². The fourth-order valence-electron chi connectivity index (χ4n) is 2.44. The quantitative estimate of drug-likeness (QED) is 0.927. The molecule has 0 saturated carbocycles. The number of halogens is 1. The van der Waals surface area contributed by atoms with Crippen molar-refractivity contribution >= 4 is 23.2 Å². The monoisotopic (exact) mass is 306 g/mol. The van der Waals surface area contributed by atoms with Gasteiger partial charge in [0.15, 0.2) is 0 Å². The van der Waals surface area contributed by atoms with Crippen molar-refractivity contribution in [2.45, 2.75) is 18.8 Å². The smallest absolute Gasteiger partial charge is 0.323 e. The van der Waals surface area contributed by atoms with Crippen LogP contribution in [0.3, 0.4) is 0 Å². The Balaban J connectivity index is 1.63. The molecule has 2 aromatic rings. The molecule has 110 valence electrons. The van der Waals surface area contributed by atoms with Crippen molar-refractivity contribution < 1.29 is 9.18 Å². The summed E-state index contributed by atoms with van der Waals surface area (Å²) in [5.74, 6) is 0.234. The molecule has 7 heteroatoms. The zero-order chi connectivity index (χ0) is 14.7. The summed E-state index contributed by atoms with van der Waals surface area (Å²) in [6.07, 6.45) is 4.88. The number of carbonyl (C=O) groups excluding carboxylic acids is 1. The van der Waals surface area contributed by atoms with Gasteiger partial charge < -0.3 is 4.90 Å². The first-order valence-electron chi connectivity index (χ1n) is 6.79. The lowest BCUT2D eigenvalue weighted by atomic mass is 9.99. The van der Waals surface area contributed by atoms with Gasteiger partial charge in [-0.2, -0.15) is 0 Å². The van der Waals surface area contributed by atoms with Crippen LogP contribution in [0.25, 0.3) is 0 Å². The van der Waals surface area contributed by atoms with Crippen LogP contribution >= 0.6 is 11.3 Å². The topological polar surface area (TPSA) is 58.1 Å². The van der Waals surface area contributed by atoms with Gasteiger partial charge in [-0.15, -0.1) is 11.3 Å². The number of rotatable bonds is 2. The normalized spacial score (nSPS) is 18.5. The standard InChI is InChI=1S/C14H15FN4OS/c15-11-3-4-12(17-8-11)18-14(20)19-6-1-2-10(9-19)13-16-5-7-21-13/h3-5,7-8,10H,1-2,6,9H2,(H,17,18,20)/t10-/m1/s1. The highest BCUT2D eigenvalue weighted by Crippen LogP contribution is 2.28. The predicted octanol–water partition coefficient (Wildman–Crippen LogP) is 3.09. The first-order valence-corrected chi connectivity index (χ1v) is 7.67. The molecule has 2 amide bonds. The summed E-state index contributed by atoms with van der Waals surface area (Å²) in [4.78, 5) is 22.2. The molecule has 1 aliphatic rings. The Hall–Kier alpha value is -2.02. The first kappa shape index (κ1) is 13.9. The fraction of sp³-hybridized carbons (Fsp3) is 0.357. The lowest BCUT2D eigenvalue weighted by molar-refractivity contribution is 0.192. The molecule has 2 aromatic heterocycles. The molecule has 5 nitrogen and oxygen atoms in total. The highest BCUT2D eigenvalue weighted by atomic mass is 32.1. The van der Waals surface area contributed by atoms with Crippen molar-refractivity contribution in [3.63, 3.8) is 0 Å². The third-order valence-electron chi connectivity index (χ3n) is 3.47. The molecule has 0 unspecified atom stereocenters. The number of pyridine rings is 1. The Labute approximate surface area is 125 Å². The van der Waals surface area contributed by atoms with Crippen molar-refractivity contribution in [2.75, 3.05) is 18.4 Å². The number of aromatic nitrogens is 2. The number of nitrogens with zero attached hydrogens (tertiary/aromatic N) is 3. The van der Waals surface area contributed by atoms with E-state index in [0.29, 0.717) is 18.3 Å². The Bertz CT molecular complexity index is 602. The summed E-state index contributed by atoms with van der Waals surface area (Å²) in [5, 5.41) is 5.73. The SMILES string of the molecule is O=C(Nc1ccc(F)cn1)N1CCC[C@@H](c2nccs2)C1. The molecule has 1 fully saturated rings. The average molecular weight is 306 g/mol. The summed E-state index contributed by atoms with van der Waals surface area (Å²) < 4.78 is 12.8. The van der Waals surface area contributed by atoms with E-state index in [9.17, 15) is 9.18 Å². The molecular weight excluding hydrogens is 291 g/mol. The Morgan fingerprint density at radius 1 is 1.43 bits per heavy atom. The van der Waals surface area contributed by atoms with Crippen molar-refractivity contribution in [3.05, 3.63) is 40.7 Å². The molecule has 1 atom stereocenters. The van der Waals surface area contributed by atoms with Gasteiger partial charge in [0.2, 0.25) is 0 Å². The number of anilines is 1. The number of amides is 2. The number of carbonyl (C=O) groups is 1. The predicted molar refractivity (Wildman–Crippen MR) is 78.9 cm³/mol. The highest BCUT2D eigenvalue weighted by Gasteiger charge is 2.26. The maximum Gasteiger partial charge on any atom is 0.323 e. The largest absolute Gasteiger partial charge is 0.324 e. The van der Waals surface area contributed by atoms with E-state index in [2.05, 4.69) is 15.3 Å². The lowest BCUT2D eigenvalue weighted by Crippen LogP contribution is -2.41. The van der Waals surface area contributed by atoms with E-state index in [-0.39, 0.29) is 6.03 Å². The van der Waals surface area contributed by atoms with Gasteiger partial charge >= 0.3 is 6.03 Å².